The maximum atomic E-state index is 12.8. The number of hydrogen-bond donors (Lipinski definition) is 1. The number of ketones is 1. The molecule has 4 rings (SSSR count). The fourth-order valence-electron chi connectivity index (χ4n) is 4.82. The third-order valence-corrected chi connectivity index (χ3v) is 6.57. The second-order valence-electron chi connectivity index (χ2n) is 8.65. The summed E-state index contributed by atoms with van der Waals surface area (Å²) in [6.07, 6.45) is 3.27. The minimum Gasteiger partial charge on any atom is -0.496 e. The third kappa shape index (κ3) is 5.02. The summed E-state index contributed by atoms with van der Waals surface area (Å²) >= 11 is 0. The molecule has 0 saturated carbocycles. The SMILES string of the molecule is COc1ccccc1CCN(CCCCC(=O)c1cc2c3c(c1)CCN3C(=O)CC2)C(=O)O. The summed E-state index contributed by atoms with van der Waals surface area (Å²) < 4.78 is 5.34. The lowest BCUT2D eigenvalue weighted by Crippen LogP contribution is -2.33. The van der Waals surface area contributed by atoms with Gasteiger partial charge in [-0.1, -0.05) is 18.2 Å². The number of aryl methyl sites for hydroxylation is 1. The van der Waals surface area contributed by atoms with E-state index in [1.165, 1.54) is 4.90 Å². The van der Waals surface area contributed by atoms with E-state index in [-0.39, 0.29) is 11.7 Å². The molecule has 0 bridgehead atoms. The molecule has 0 atom stereocenters. The van der Waals surface area contributed by atoms with Gasteiger partial charge in [-0.2, -0.15) is 0 Å². The van der Waals surface area contributed by atoms with Gasteiger partial charge in [-0.15, -0.1) is 0 Å². The van der Waals surface area contributed by atoms with Crippen LogP contribution in [0.25, 0.3) is 0 Å². The lowest BCUT2D eigenvalue weighted by Gasteiger charge is -2.25. The molecule has 7 nitrogen and oxygen atoms in total. The number of carbonyl (C=O) groups is 3. The number of ether oxygens (including phenoxy) is 1. The van der Waals surface area contributed by atoms with E-state index in [0.29, 0.717) is 63.7 Å². The van der Waals surface area contributed by atoms with Crippen LogP contribution in [-0.4, -0.2) is 54.5 Å². The van der Waals surface area contributed by atoms with E-state index in [0.717, 1.165) is 34.5 Å². The van der Waals surface area contributed by atoms with Gasteiger partial charge in [0.15, 0.2) is 5.78 Å². The Bertz CT molecular complexity index is 1060. The first-order chi connectivity index (χ1) is 16.0. The monoisotopic (exact) mass is 450 g/mol. The number of amides is 2. The number of Topliss-reactive ketones (excluding diaryl/α,β-unsaturated/α-hetero) is 1. The molecule has 0 unspecified atom stereocenters. The van der Waals surface area contributed by atoms with E-state index in [1.807, 2.05) is 41.3 Å². The molecular weight excluding hydrogens is 420 g/mol. The van der Waals surface area contributed by atoms with Crippen LogP contribution in [0.1, 0.15) is 52.7 Å². The molecule has 0 aromatic heterocycles. The second-order valence-corrected chi connectivity index (χ2v) is 8.65. The second kappa shape index (κ2) is 10.1. The Morgan fingerprint density at radius 3 is 2.58 bits per heavy atom. The van der Waals surface area contributed by atoms with Crippen molar-refractivity contribution < 1.29 is 24.2 Å². The van der Waals surface area contributed by atoms with Crippen molar-refractivity contribution >= 4 is 23.5 Å². The lowest BCUT2D eigenvalue weighted by molar-refractivity contribution is -0.118. The smallest absolute Gasteiger partial charge is 0.407 e. The highest BCUT2D eigenvalue weighted by Gasteiger charge is 2.31. The number of benzene rings is 2. The Kier molecular flexibility index (Phi) is 6.96. The average molecular weight is 451 g/mol. The molecule has 0 aliphatic carbocycles. The summed E-state index contributed by atoms with van der Waals surface area (Å²) in [6.45, 7) is 1.48. The number of para-hydroxylation sites is 1. The van der Waals surface area contributed by atoms with Crippen molar-refractivity contribution in [3.63, 3.8) is 0 Å². The fourth-order valence-corrected chi connectivity index (χ4v) is 4.82. The van der Waals surface area contributed by atoms with E-state index in [4.69, 9.17) is 4.74 Å². The topological polar surface area (TPSA) is 87.2 Å². The molecule has 2 aliphatic heterocycles. The predicted octanol–water partition coefficient (Wildman–Crippen LogP) is 4.11. The third-order valence-electron chi connectivity index (χ3n) is 6.57. The summed E-state index contributed by atoms with van der Waals surface area (Å²) in [4.78, 5) is 39.8. The number of nitrogens with zero attached hydrogens (tertiary/aromatic N) is 2. The standard InChI is InChI=1S/C26H30N2O5/c1-33-23-8-3-2-6-18(23)11-14-27(26(31)32)13-5-4-7-22(29)21-16-19-9-10-24(30)28-15-12-20(17-21)25(19)28/h2-3,6,8,16-17H,4-5,7,9-15H2,1H3,(H,31,32). The fraction of sp³-hybridized carbons (Fsp3) is 0.423. The van der Waals surface area contributed by atoms with Gasteiger partial charge in [0.25, 0.3) is 0 Å². The quantitative estimate of drug-likeness (QED) is 0.435. The number of unbranched alkanes of at least 4 members (excludes halogenated alkanes) is 1. The zero-order valence-corrected chi connectivity index (χ0v) is 19.0. The van der Waals surface area contributed by atoms with Gasteiger partial charge in [-0.3, -0.25) is 9.59 Å². The molecule has 1 N–H and O–H groups in total. The van der Waals surface area contributed by atoms with E-state index < -0.39 is 6.09 Å². The van der Waals surface area contributed by atoms with Crippen molar-refractivity contribution in [1.29, 1.82) is 0 Å². The lowest BCUT2D eigenvalue weighted by atomic mass is 9.94. The maximum absolute atomic E-state index is 12.8. The van der Waals surface area contributed by atoms with E-state index in [2.05, 4.69) is 0 Å². The molecule has 7 heteroatoms. The molecule has 2 aromatic carbocycles. The molecule has 0 radical (unpaired) electrons. The molecule has 0 saturated heterocycles. The van der Waals surface area contributed by atoms with E-state index >= 15 is 0 Å². The molecule has 2 amide bonds. The number of methoxy groups -OCH3 is 1. The van der Waals surface area contributed by atoms with Gasteiger partial charge < -0.3 is 19.6 Å². The van der Waals surface area contributed by atoms with Gasteiger partial charge in [0.05, 0.1) is 12.8 Å². The highest BCUT2D eigenvalue weighted by atomic mass is 16.5. The molecule has 2 heterocycles. The number of anilines is 1. The van der Waals surface area contributed by atoms with Crippen LogP contribution in [0.5, 0.6) is 5.75 Å². The van der Waals surface area contributed by atoms with Crippen molar-refractivity contribution in [2.24, 2.45) is 0 Å². The molecule has 0 spiro atoms. The summed E-state index contributed by atoms with van der Waals surface area (Å²) in [6, 6.07) is 11.5. The maximum Gasteiger partial charge on any atom is 0.407 e. The number of carbonyl (C=O) groups excluding carboxylic acids is 2. The number of carboxylic acid groups (broad SMARTS) is 1. The van der Waals surface area contributed by atoms with Gasteiger partial charge >= 0.3 is 6.09 Å². The van der Waals surface area contributed by atoms with Crippen LogP contribution in [0, 0.1) is 0 Å². The normalized spacial score (nSPS) is 14.2. The van der Waals surface area contributed by atoms with Crippen molar-refractivity contribution in [2.75, 3.05) is 31.6 Å². The van der Waals surface area contributed by atoms with Gasteiger partial charge in [0.1, 0.15) is 5.75 Å². The van der Waals surface area contributed by atoms with Gasteiger partial charge in [-0.05, 0) is 67.0 Å². The van der Waals surface area contributed by atoms with Crippen molar-refractivity contribution in [3.8, 4) is 5.75 Å². The van der Waals surface area contributed by atoms with Crippen LogP contribution >= 0.6 is 0 Å². The van der Waals surface area contributed by atoms with Crippen LogP contribution in [0.15, 0.2) is 36.4 Å². The van der Waals surface area contributed by atoms with E-state index in [9.17, 15) is 19.5 Å². The predicted molar refractivity (Wildman–Crippen MR) is 125 cm³/mol. The number of hydrogen-bond acceptors (Lipinski definition) is 4. The van der Waals surface area contributed by atoms with Crippen LogP contribution in [0.2, 0.25) is 0 Å². The molecule has 174 valence electrons. The molecule has 2 aliphatic rings. The molecule has 33 heavy (non-hydrogen) atoms. The van der Waals surface area contributed by atoms with Crippen molar-refractivity contribution in [3.05, 3.63) is 58.7 Å². The van der Waals surface area contributed by atoms with Crippen molar-refractivity contribution in [2.45, 2.75) is 44.9 Å². The van der Waals surface area contributed by atoms with Crippen LogP contribution in [-0.2, 0) is 24.1 Å². The average Bonchev–Trinajstić information content (AvgIpc) is 3.26. The highest BCUT2D eigenvalue weighted by Crippen LogP contribution is 2.37. The Hall–Kier alpha value is -3.35. The first kappa shape index (κ1) is 22.8. The van der Waals surface area contributed by atoms with Crippen molar-refractivity contribution in [1.82, 2.24) is 4.90 Å². The first-order valence-electron chi connectivity index (χ1n) is 11.6. The molecule has 0 fully saturated rings. The minimum absolute atomic E-state index is 0.0836. The Morgan fingerprint density at radius 2 is 1.82 bits per heavy atom. The Morgan fingerprint density at radius 1 is 1.06 bits per heavy atom. The summed E-state index contributed by atoms with van der Waals surface area (Å²) in [7, 11) is 1.61. The minimum atomic E-state index is -0.951. The highest BCUT2D eigenvalue weighted by molar-refractivity contribution is 6.02. The zero-order chi connectivity index (χ0) is 23.4. The first-order valence-corrected chi connectivity index (χ1v) is 11.6. The Labute approximate surface area is 193 Å². The summed E-state index contributed by atoms with van der Waals surface area (Å²) in [5.74, 6) is 1.02. The number of rotatable bonds is 10. The van der Waals surface area contributed by atoms with E-state index in [1.54, 1.807) is 7.11 Å². The van der Waals surface area contributed by atoms with Gasteiger partial charge in [0.2, 0.25) is 5.91 Å². The Balaban J connectivity index is 1.28. The largest absolute Gasteiger partial charge is 0.496 e. The van der Waals surface area contributed by atoms with Gasteiger partial charge in [-0.25, -0.2) is 4.79 Å². The van der Waals surface area contributed by atoms with Crippen LogP contribution in [0.3, 0.4) is 0 Å². The van der Waals surface area contributed by atoms with Crippen LogP contribution in [0.4, 0.5) is 10.5 Å². The molecule has 2 aromatic rings. The zero-order valence-electron chi connectivity index (χ0n) is 19.0. The molecular formula is C26H30N2O5. The summed E-state index contributed by atoms with van der Waals surface area (Å²) in [5.41, 5.74) is 4.90. The van der Waals surface area contributed by atoms with Gasteiger partial charge in [0, 0.05) is 38.0 Å². The summed E-state index contributed by atoms with van der Waals surface area (Å²) in [5, 5.41) is 9.56. The van der Waals surface area contributed by atoms with Crippen LogP contribution < -0.4 is 9.64 Å².